The average molecular weight is 481 g/mol. The standard InChI is InChI=1S/C31H32N2O3/c1-32-23(11-9-19-5-3-2-4-6-19)15-22-17-31(35)25-16-21-10-12-24(34)28-26(21)30(31,29(36-28)27(22)32)13-14-33(25)18-20-7-8-20/h2-6,9-12,15,20,25,29,34-35H,7-8,13-14,16-18H2,1H3/b11-9+/t25-,29?,30+,31-/m1/s1. The SMILES string of the molecule is Cn1c(/C=C/c2ccccc2)cc2c1C1Oc3c(O)ccc4c3[C@@]13CCN(CC1CC1)[C@H](C4)[C@]3(O)C2. The lowest BCUT2D eigenvalue weighted by molar-refractivity contribution is -0.173. The summed E-state index contributed by atoms with van der Waals surface area (Å²) in [5.41, 5.74) is 5.44. The Bertz CT molecular complexity index is 1420. The third kappa shape index (κ3) is 2.58. The van der Waals surface area contributed by atoms with E-state index in [4.69, 9.17) is 4.74 Å². The number of aromatic hydroxyl groups is 1. The molecule has 2 fully saturated rings. The van der Waals surface area contributed by atoms with E-state index in [1.54, 1.807) is 6.07 Å². The largest absolute Gasteiger partial charge is 0.504 e. The van der Waals surface area contributed by atoms with Gasteiger partial charge in [0.1, 0.15) is 0 Å². The summed E-state index contributed by atoms with van der Waals surface area (Å²) in [7, 11) is 2.11. The zero-order chi connectivity index (χ0) is 24.2. The van der Waals surface area contributed by atoms with E-state index in [2.05, 4.69) is 65.1 Å². The number of hydrogen-bond acceptors (Lipinski definition) is 4. The van der Waals surface area contributed by atoms with E-state index in [-0.39, 0.29) is 17.9 Å². The van der Waals surface area contributed by atoms with E-state index >= 15 is 0 Å². The molecule has 0 amide bonds. The molecule has 2 aromatic carbocycles. The Morgan fingerprint density at radius 2 is 1.92 bits per heavy atom. The summed E-state index contributed by atoms with van der Waals surface area (Å²) in [4.78, 5) is 2.58. The number of piperidine rings is 1. The normalized spacial score (nSPS) is 31.8. The van der Waals surface area contributed by atoms with Crippen molar-refractivity contribution in [1.29, 1.82) is 0 Å². The molecular formula is C31H32N2O3. The van der Waals surface area contributed by atoms with Crippen LogP contribution in [0.4, 0.5) is 0 Å². The van der Waals surface area contributed by atoms with E-state index in [9.17, 15) is 10.2 Å². The topological polar surface area (TPSA) is 57.9 Å². The first-order chi connectivity index (χ1) is 17.5. The van der Waals surface area contributed by atoms with E-state index in [1.165, 1.54) is 24.0 Å². The van der Waals surface area contributed by atoms with Gasteiger partial charge in [-0.25, -0.2) is 0 Å². The molecule has 1 saturated heterocycles. The zero-order valence-corrected chi connectivity index (χ0v) is 20.7. The smallest absolute Gasteiger partial charge is 0.166 e. The van der Waals surface area contributed by atoms with Gasteiger partial charge in [0.25, 0.3) is 0 Å². The Labute approximate surface area is 211 Å². The van der Waals surface area contributed by atoms with Crippen molar-refractivity contribution in [2.45, 2.75) is 55.3 Å². The van der Waals surface area contributed by atoms with Gasteiger partial charge in [0.15, 0.2) is 17.6 Å². The molecule has 3 heterocycles. The molecule has 184 valence electrons. The van der Waals surface area contributed by atoms with Gasteiger partial charge in [-0.05, 0) is 73.0 Å². The molecule has 1 saturated carbocycles. The Morgan fingerprint density at radius 3 is 2.72 bits per heavy atom. The van der Waals surface area contributed by atoms with Crippen molar-refractivity contribution in [3.63, 3.8) is 0 Å². The van der Waals surface area contributed by atoms with Crippen molar-refractivity contribution in [3.8, 4) is 11.5 Å². The molecule has 5 nitrogen and oxygen atoms in total. The molecule has 1 aromatic heterocycles. The van der Waals surface area contributed by atoms with Crippen LogP contribution < -0.4 is 4.74 Å². The van der Waals surface area contributed by atoms with Gasteiger partial charge in [-0.1, -0.05) is 42.5 Å². The van der Waals surface area contributed by atoms with Crippen LogP contribution in [0, 0.1) is 5.92 Å². The van der Waals surface area contributed by atoms with E-state index < -0.39 is 11.0 Å². The molecule has 3 aliphatic carbocycles. The molecule has 2 N–H and O–H groups in total. The molecule has 8 rings (SSSR count). The second kappa shape index (κ2) is 7.05. The molecule has 2 bridgehead atoms. The highest BCUT2D eigenvalue weighted by Gasteiger charge is 2.72. The van der Waals surface area contributed by atoms with Crippen molar-refractivity contribution in [3.05, 3.63) is 82.2 Å². The fraction of sp³-hybridized carbons (Fsp3) is 0.419. The minimum absolute atomic E-state index is 0.0672. The van der Waals surface area contributed by atoms with Gasteiger partial charge in [0.05, 0.1) is 16.7 Å². The Kier molecular flexibility index (Phi) is 4.13. The summed E-state index contributed by atoms with van der Waals surface area (Å²) in [6.07, 6.45) is 8.91. The number of aromatic nitrogens is 1. The number of hydrogen-bond donors (Lipinski definition) is 2. The molecule has 1 spiro atoms. The Hall–Kier alpha value is -3.02. The lowest BCUT2D eigenvalue weighted by Crippen LogP contribution is -2.74. The van der Waals surface area contributed by atoms with Gasteiger partial charge in [0.2, 0.25) is 0 Å². The quantitative estimate of drug-likeness (QED) is 0.573. The fourth-order valence-corrected chi connectivity index (χ4v) is 8.04. The Morgan fingerprint density at radius 1 is 1.08 bits per heavy atom. The molecule has 5 heteroatoms. The van der Waals surface area contributed by atoms with Gasteiger partial charge < -0.3 is 19.5 Å². The third-order valence-corrected chi connectivity index (χ3v) is 9.87. The summed E-state index contributed by atoms with van der Waals surface area (Å²) in [6.45, 7) is 2.06. The second-order valence-electron chi connectivity index (χ2n) is 11.7. The number of phenolic OH excluding ortho intramolecular Hbond substituents is 1. The molecule has 0 radical (unpaired) electrons. The van der Waals surface area contributed by atoms with E-state index in [0.717, 1.165) is 54.4 Å². The number of phenols is 1. The lowest BCUT2D eigenvalue weighted by atomic mass is 9.49. The first-order valence-electron chi connectivity index (χ1n) is 13.4. The number of rotatable bonds is 4. The van der Waals surface area contributed by atoms with Crippen LogP contribution in [0.1, 0.15) is 59.0 Å². The van der Waals surface area contributed by atoms with E-state index in [1.807, 2.05) is 6.07 Å². The van der Waals surface area contributed by atoms with Crippen LogP contribution in [0.3, 0.4) is 0 Å². The molecule has 5 aliphatic rings. The summed E-state index contributed by atoms with van der Waals surface area (Å²) >= 11 is 0. The van der Waals surface area contributed by atoms with Crippen LogP contribution in [0.25, 0.3) is 12.2 Å². The minimum atomic E-state index is -0.925. The highest BCUT2D eigenvalue weighted by atomic mass is 16.5. The first kappa shape index (κ1) is 21.1. The average Bonchev–Trinajstić information content (AvgIpc) is 3.54. The van der Waals surface area contributed by atoms with Crippen molar-refractivity contribution in [1.82, 2.24) is 9.47 Å². The van der Waals surface area contributed by atoms with Gasteiger partial charge in [-0.3, -0.25) is 4.90 Å². The fourth-order valence-electron chi connectivity index (χ4n) is 8.04. The van der Waals surface area contributed by atoms with Crippen LogP contribution in [0.15, 0.2) is 48.5 Å². The minimum Gasteiger partial charge on any atom is -0.504 e. The van der Waals surface area contributed by atoms with Crippen LogP contribution in [-0.4, -0.2) is 44.4 Å². The highest BCUT2D eigenvalue weighted by molar-refractivity contribution is 5.70. The molecule has 2 aliphatic heterocycles. The molecular weight excluding hydrogens is 448 g/mol. The van der Waals surface area contributed by atoms with Crippen molar-refractivity contribution in [2.24, 2.45) is 13.0 Å². The van der Waals surface area contributed by atoms with Gasteiger partial charge in [-0.15, -0.1) is 0 Å². The predicted octanol–water partition coefficient (Wildman–Crippen LogP) is 4.60. The molecule has 3 aromatic rings. The van der Waals surface area contributed by atoms with Crippen molar-refractivity contribution < 1.29 is 14.9 Å². The van der Waals surface area contributed by atoms with Crippen molar-refractivity contribution in [2.75, 3.05) is 13.1 Å². The predicted molar refractivity (Wildman–Crippen MR) is 139 cm³/mol. The lowest BCUT2D eigenvalue weighted by Gasteiger charge is -2.62. The maximum Gasteiger partial charge on any atom is 0.166 e. The van der Waals surface area contributed by atoms with E-state index in [0.29, 0.717) is 12.2 Å². The first-order valence-corrected chi connectivity index (χ1v) is 13.4. The summed E-state index contributed by atoms with van der Waals surface area (Å²) in [6, 6.07) is 16.5. The third-order valence-electron chi connectivity index (χ3n) is 9.87. The zero-order valence-electron chi connectivity index (χ0n) is 20.7. The van der Waals surface area contributed by atoms with Crippen molar-refractivity contribution >= 4 is 12.2 Å². The van der Waals surface area contributed by atoms with Crippen LogP contribution in [0.2, 0.25) is 0 Å². The molecule has 36 heavy (non-hydrogen) atoms. The van der Waals surface area contributed by atoms with Gasteiger partial charge in [-0.2, -0.15) is 0 Å². The second-order valence-corrected chi connectivity index (χ2v) is 11.7. The molecule has 4 atom stereocenters. The van der Waals surface area contributed by atoms with Gasteiger partial charge in [0, 0.05) is 37.3 Å². The molecule has 1 unspecified atom stereocenters. The summed E-state index contributed by atoms with van der Waals surface area (Å²) in [5.74, 6) is 1.57. The van der Waals surface area contributed by atoms with Crippen LogP contribution in [0.5, 0.6) is 11.5 Å². The van der Waals surface area contributed by atoms with Gasteiger partial charge >= 0.3 is 0 Å². The Balaban J connectivity index is 1.30. The number of fused-ring (bicyclic) bond motifs is 2. The summed E-state index contributed by atoms with van der Waals surface area (Å²) in [5, 5.41) is 23.7. The van der Waals surface area contributed by atoms with Crippen LogP contribution in [-0.2, 0) is 25.3 Å². The number of nitrogens with zero attached hydrogens (tertiary/aromatic N) is 2. The monoisotopic (exact) mass is 480 g/mol. The number of likely N-dealkylation sites (tertiary alicyclic amines) is 1. The summed E-state index contributed by atoms with van der Waals surface area (Å²) < 4.78 is 8.96. The highest BCUT2D eigenvalue weighted by Crippen LogP contribution is 2.68. The maximum absolute atomic E-state index is 12.8. The van der Waals surface area contributed by atoms with Crippen LogP contribution >= 0.6 is 0 Å². The number of ether oxygens (including phenoxy) is 1. The number of benzene rings is 2. The number of aliphatic hydroxyl groups is 1. The maximum atomic E-state index is 12.8.